The number of aromatic nitrogens is 4. The molecule has 0 unspecified atom stereocenters. The molecule has 5 N–H and O–H groups in total. The number of likely N-dealkylation sites (N-methyl/N-ethyl adjacent to an activating group) is 1. The van der Waals surface area contributed by atoms with Crippen molar-refractivity contribution >= 4 is 11.8 Å². The Labute approximate surface area is 446 Å². The van der Waals surface area contributed by atoms with Crippen LogP contribution in [0.15, 0.2) is 53.6 Å². The topological polar surface area (TPSA) is 256 Å². The zero-order valence-electron chi connectivity index (χ0n) is 46.3. The quantitative estimate of drug-likeness (QED) is 0.0902. The molecule has 3 aromatic rings. The van der Waals surface area contributed by atoms with E-state index >= 15 is 0 Å². The van der Waals surface area contributed by atoms with Gasteiger partial charge in [0.05, 0.1) is 60.4 Å². The first kappa shape index (κ1) is 59.5. The first-order valence-corrected chi connectivity index (χ1v) is 27.3. The van der Waals surface area contributed by atoms with E-state index in [9.17, 15) is 39.9 Å². The zero-order valence-corrected chi connectivity index (χ0v) is 46.3. The molecule has 76 heavy (non-hydrogen) atoms. The maximum atomic E-state index is 14.5. The van der Waals surface area contributed by atoms with Gasteiger partial charge in [0.25, 0.3) is 5.56 Å². The number of rotatable bonds is 17. The number of carbonyl (C=O) groups is 2. The summed E-state index contributed by atoms with van der Waals surface area (Å²) in [6.45, 7) is 17.1. The summed E-state index contributed by atoms with van der Waals surface area (Å²) in [4.78, 5) is 42.9. The third-order valence-electron chi connectivity index (χ3n) is 16.9. The second-order valence-electron chi connectivity index (χ2n) is 22.9. The van der Waals surface area contributed by atoms with Gasteiger partial charge >= 0.3 is 5.97 Å². The fourth-order valence-corrected chi connectivity index (χ4v) is 12.0. The van der Waals surface area contributed by atoms with Gasteiger partial charge in [-0.1, -0.05) is 63.1 Å². The molecule has 4 aliphatic heterocycles. The van der Waals surface area contributed by atoms with Crippen molar-refractivity contribution in [2.75, 3.05) is 20.8 Å². The molecular weight excluding hydrogens is 983 g/mol. The molecule has 20 heteroatoms. The average Bonchev–Trinajstić information content (AvgIpc) is 4.06. The summed E-state index contributed by atoms with van der Waals surface area (Å²) in [5, 5.41) is 65.3. The lowest BCUT2D eigenvalue weighted by Crippen LogP contribution is -2.61. The second kappa shape index (κ2) is 24.9. The summed E-state index contributed by atoms with van der Waals surface area (Å²) in [5.74, 6) is -4.84. The van der Waals surface area contributed by atoms with E-state index in [1.54, 1.807) is 46.9 Å². The fraction of sp³-hybridized carbons (Fsp3) is 0.732. The third-order valence-corrected chi connectivity index (χ3v) is 16.9. The van der Waals surface area contributed by atoms with E-state index in [1.807, 2.05) is 63.0 Å². The van der Waals surface area contributed by atoms with Crippen LogP contribution in [0.4, 0.5) is 0 Å². The lowest BCUT2D eigenvalue weighted by atomic mass is 9.75. The maximum Gasteiger partial charge on any atom is 0.311 e. The number of Topliss-reactive ketones (excluding diaryl/α,β-unsaturated/α-hetero) is 1. The van der Waals surface area contributed by atoms with Crippen molar-refractivity contribution in [1.29, 1.82) is 0 Å². The Balaban J connectivity index is 1.07. The van der Waals surface area contributed by atoms with E-state index in [1.165, 1.54) is 24.7 Å². The molecule has 4 aliphatic rings. The van der Waals surface area contributed by atoms with Gasteiger partial charge in [0.2, 0.25) is 0 Å². The Morgan fingerprint density at radius 2 is 1.58 bits per heavy atom. The van der Waals surface area contributed by atoms with Crippen molar-refractivity contribution in [3.63, 3.8) is 0 Å². The standard InChI is InChI=1S/C56H85N5O15/c1-12-43-56(9,69)48(65)33(3)45(63)39-27-55(8,71-31-39)50(34(4)47(35(5)52(68)74-43)75-44-28-54(7,70-11)49(66)36(6)73-44)76-53-46(64)41(26-32(2)72-53)59(10)29-37-19-21-38(22-20-37)40-30-61(58-57-40)25-16-14-13-15-23-60-24-17-18-42(62)51(60)67/h17-22,24,30,32-36,39,41,43-44,46-50,53,62,64-66,69H,12-16,23,25-29,31H2,1-11H3/t32-,33+,34+,35-,36+,39+,41+,43-,44+,46-,47+,48-,49+,50-,53+,54-,55-,56-/m1/s1. The van der Waals surface area contributed by atoms with Gasteiger partial charge in [0, 0.05) is 68.7 Å². The molecular formula is C56H85N5O15. The number of benzene rings is 1. The molecule has 0 amide bonds. The van der Waals surface area contributed by atoms with E-state index in [2.05, 4.69) is 15.2 Å². The molecule has 0 radical (unpaired) electrons. The largest absolute Gasteiger partial charge is 0.503 e. The number of carbonyl (C=O) groups excluding carboxylic acids is 2. The van der Waals surface area contributed by atoms with E-state index in [0.29, 0.717) is 26.1 Å². The number of methoxy groups -OCH3 is 1. The number of hydrogen-bond donors (Lipinski definition) is 5. The number of hydrogen-bond acceptors (Lipinski definition) is 18. The number of nitrogens with zero attached hydrogens (tertiary/aromatic N) is 5. The molecule has 1 aromatic carbocycles. The van der Waals surface area contributed by atoms with Crippen LogP contribution < -0.4 is 5.56 Å². The van der Waals surface area contributed by atoms with Crippen LogP contribution in [0, 0.1) is 23.7 Å². The van der Waals surface area contributed by atoms with Gasteiger partial charge in [0.15, 0.2) is 18.3 Å². The van der Waals surface area contributed by atoms with Crippen LogP contribution in [0.1, 0.15) is 119 Å². The van der Waals surface area contributed by atoms with Crippen molar-refractivity contribution < 1.29 is 68.3 Å². The normalized spacial score (nSPS) is 37.8. The summed E-state index contributed by atoms with van der Waals surface area (Å²) < 4.78 is 48.4. The number of ether oxygens (including phenoxy) is 7. The number of pyridine rings is 1. The predicted octanol–water partition coefficient (Wildman–Crippen LogP) is 4.76. The number of unbranched alkanes of at least 4 members (excludes halogenated alkanes) is 3. The molecule has 20 nitrogen and oxygen atoms in total. The first-order valence-electron chi connectivity index (χ1n) is 27.3. The summed E-state index contributed by atoms with van der Waals surface area (Å²) in [6.07, 6.45) is -2.12. The molecule has 4 fully saturated rings. The van der Waals surface area contributed by atoms with Gasteiger partial charge in [0.1, 0.15) is 35.4 Å². The molecule has 7 rings (SSSR count). The maximum absolute atomic E-state index is 14.5. The Hall–Kier alpha value is -4.19. The SMILES string of the molecule is CC[C@H]1OC(=O)[C@H](C)[C@@H](O[C@H]2C[C@@](C)(OC)[C@@H](O)[C@H](C)O2)[C@H](C)[C@@H](O[C@@H]2O[C@H](C)C[C@H](N(C)Cc3ccc(-c4cn(CCCCCCn5cccc(O)c5=O)nn4)cc3)[C@H]2O)[C@@]2(C)C[C@@H](CO2)C(=O)[C@H](C)[C@@H](O)[C@]1(C)O. The minimum absolute atomic E-state index is 0.00879. The van der Waals surface area contributed by atoms with Crippen molar-refractivity contribution in [3.05, 3.63) is 64.7 Å². The van der Waals surface area contributed by atoms with Gasteiger partial charge in [-0.15, -0.1) is 5.10 Å². The highest BCUT2D eigenvalue weighted by molar-refractivity contribution is 5.84. The van der Waals surface area contributed by atoms with Crippen LogP contribution in [-0.2, 0) is 62.4 Å². The van der Waals surface area contributed by atoms with Crippen LogP contribution in [0.2, 0.25) is 0 Å². The van der Waals surface area contributed by atoms with Gasteiger partial charge in [-0.25, -0.2) is 0 Å². The Morgan fingerprint density at radius 1 is 0.882 bits per heavy atom. The minimum Gasteiger partial charge on any atom is -0.503 e. The smallest absolute Gasteiger partial charge is 0.311 e. The highest BCUT2D eigenvalue weighted by Gasteiger charge is 2.56. The lowest BCUT2D eigenvalue weighted by molar-refractivity contribution is -0.317. The highest BCUT2D eigenvalue weighted by Crippen LogP contribution is 2.45. The third kappa shape index (κ3) is 13.1. The van der Waals surface area contributed by atoms with E-state index < -0.39 is 108 Å². The zero-order chi connectivity index (χ0) is 55.4. The lowest BCUT2D eigenvalue weighted by Gasteiger charge is -2.49. The minimum atomic E-state index is -2.00. The van der Waals surface area contributed by atoms with Gasteiger partial charge in [-0.2, -0.15) is 0 Å². The van der Waals surface area contributed by atoms with Crippen molar-refractivity contribution in [1.82, 2.24) is 24.5 Å². The predicted molar refractivity (Wildman–Crippen MR) is 278 cm³/mol. The van der Waals surface area contributed by atoms with Gasteiger partial charge in [-0.05, 0) is 98.4 Å². The van der Waals surface area contributed by atoms with Crippen molar-refractivity contribution in [3.8, 4) is 17.0 Å². The van der Waals surface area contributed by atoms with Crippen molar-refractivity contribution in [2.24, 2.45) is 23.7 Å². The van der Waals surface area contributed by atoms with Crippen LogP contribution >= 0.6 is 0 Å². The molecule has 0 spiro atoms. The number of aromatic hydroxyl groups is 1. The highest BCUT2D eigenvalue weighted by atomic mass is 16.7. The molecule has 4 saturated heterocycles. The van der Waals surface area contributed by atoms with Crippen LogP contribution in [0.3, 0.4) is 0 Å². The first-order chi connectivity index (χ1) is 35.9. The molecule has 424 valence electrons. The summed E-state index contributed by atoms with van der Waals surface area (Å²) in [5.41, 5.74) is -2.01. The van der Waals surface area contributed by atoms with Crippen LogP contribution in [0.25, 0.3) is 11.3 Å². The molecule has 0 saturated carbocycles. The molecule has 2 aromatic heterocycles. The molecule has 0 aliphatic carbocycles. The van der Waals surface area contributed by atoms with E-state index in [0.717, 1.165) is 42.5 Å². The number of ketones is 1. The summed E-state index contributed by atoms with van der Waals surface area (Å²) >= 11 is 0. The monoisotopic (exact) mass is 1070 g/mol. The number of esters is 1. The van der Waals surface area contributed by atoms with Gasteiger partial charge < -0.3 is 63.3 Å². The number of fused-ring (bicyclic) bond motifs is 2. The fourth-order valence-electron chi connectivity index (χ4n) is 12.0. The number of aliphatic hydroxyl groups is 4. The van der Waals surface area contributed by atoms with Crippen LogP contribution in [0.5, 0.6) is 5.75 Å². The Kier molecular flexibility index (Phi) is 19.5. The van der Waals surface area contributed by atoms with Crippen molar-refractivity contribution in [2.45, 2.75) is 218 Å². The summed E-state index contributed by atoms with van der Waals surface area (Å²) in [6, 6.07) is 10.7. The van der Waals surface area contributed by atoms with Gasteiger partial charge in [-0.3, -0.25) is 24.0 Å². The van der Waals surface area contributed by atoms with E-state index in [4.69, 9.17) is 33.2 Å². The molecule has 18 atom stereocenters. The molecule has 6 heterocycles. The number of cyclic esters (lactones) is 1. The number of aliphatic hydroxyl groups excluding tert-OH is 3. The van der Waals surface area contributed by atoms with E-state index in [-0.39, 0.29) is 49.1 Å². The Bertz CT molecular complexity index is 2450. The Morgan fingerprint density at radius 3 is 2.26 bits per heavy atom. The second-order valence-corrected chi connectivity index (χ2v) is 22.9. The van der Waals surface area contributed by atoms with Crippen LogP contribution in [-0.4, -0.2) is 167 Å². The average molecular weight is 1070 g/mol. The molecule has 2 bridgehead atoms. The summed E-state index contributed by atoms with van der Waals surface area (Å²) in [7, 11) is 3.45. The number of aryl methyl sites for hydroxylation is 2.